The summed E-state index contributed by atoms with van der Waals surface area (Å²) >= 11 is 4.94. The van der Waals surface area contributed by atoms with Gasteiger partial charge in [-0.25, -0.2) is 0 Å². The van der Waals surface area contributed by atoms with Crippen LogP contribution in [0.25, 0.3) is 0 Å². The highest BCUT2D eigenvalue weighted by molar-refractivity contribution is 9.11. The van der Waals surface area contributed by atoms with Crippen LogP contribution in [0.3, 0.4) is 0 Å². The van der Waals surface area contributed by atoms with Gasteiger partial charge in [0, 0.05) is 9.39 Å². The van der Waals surface area contributed by atoms with Gasteiger partial charge in [-0.15, -0.1) is 0 Å². The topological polar surface area (TPSA) is 0 Å². The van der Waals surface area contributed by atoms with Crippen LogP contribution in [0.15, 0.2) is 57.3 Å². The summed E-state index contributed by atoms with van der Waals surface area (Å²) in [5, 5.41) is 0. The van der Waals surface area contributed by atoms with Crippen LogP contribution in [0.5, 0.6) is 0 Å². The molecule has 0 aliphatic carbocycles. The van der Waals surface area contributed by atoms with Gasteiger partial charge in [0.1, 0.15) is 0 Å². The summed E-state index contributed by atoms with van der Waals surface area (Å²) in [4.78, 5) is 2.25. The standard InChI is InChI=1S/C14H19BrS/c1-6-11(2)7-9-13(4)16-14(5)10-8-12(3)15/h7-10H,3,5-6H2,1-2,4H3/b10-8-,11-7-,13-9+. The molecule has 0 aliphatic heterocycles. The normalized spacial score (nSPS) is 13.2. The van der Waals surface area contributed by atoms with E-state index in [0.717, 1.165) is 15.8 Å². The molecule has 0 saturated heterocycles. The molecule has 0 aromatic carbocycles. The van der Waals surface area contributed by atoms with Gasteiger partial charge in [-0.2, -0.15) is 0 Å². The van der Waals surface area contributed by atoms with Crippen LogP contribution in [0.1, 0.15) is 27.2 Å². The van der Waals surface area contributed by atoms with E-state index in [9.17, 15) is 0 Å². The van der Waals surface area contributed by atoms with Gasteiger partial charge in [0.15, 0.2) is 0 Å². The maximum Gasteiger partial charge on any atom is 0.0103 e. The Morgan fingerprint density at radius 1 is 1.19 bits per heavy atom. The predicted octanol–water partition coefficient (Wildman–Crippen LogP) is 5.96. The number of thioether (sulfide) groups is 1. The molecule has 0 heterocycles. The van der Waals surface area contributed by atoms with Crippen LogP contribution in [-0.2, 0) is 0 Å². The van der Waals surface area contributed by atoms with Crippen molar-refractivity contribution in [3.63, 3.8) is 0 Å². The van der Waals surface area contributed by atoms with Crippen LogP contribution in [0, 0.1) is 0 Å². The van der Waals surface area contributed by atoms with Crippen molar-refractivity contribution >= 4 is 27.7 Å². The van der Waals surface area contributed by atoms with Gasteiger partial charge in [0.2, 0.25) is 0 Å². The van der Waals surface area contributed by atoms with Crippen LogP contribution in [-0.4, -0.2) is 0 Å². The number of rotatable bonds is 6. The molecule has 0 aromatic rings. The van der Waals surface area contributed by atoms with Gasteiger partial charge in [0.25, 0.3) is 0 Å². The first-order valence-electron chi connectivity index (χ1n) is 5.19. The number of hydrogen-bond donors (Lipinski definition) is 0. The van der Waals surface area contributed by atoms with Crippen LogP contribution < -0.4 is 0 Å². The summed E-state index contributed by atoms with van der Waals surface area (Å²) in [5.74, 6) is 0. The lowest BCUT2D eigenvalue weighted by molar-refractivity contribution is 1.10. The molecule has 0 aromatic heterocycles. The summed E-state index contributed by atoms with van der Waals surface area (Å²) < 4.78 is 0.859. The summed E-state index contributed by atoms with van der Waals surface area (Å²) in [6, 6.07) is 0. The first-order chi connectivity index (χ1) is 7.45. The Balaban J connectivity index is 4.29. The predicted molar refractivity (Wildman–Crippen MR) is 81.7 cm³/mol. The van der Waals surface area contributed by atoms with Crippen molar-refractivity contribution in [2.24, 2.45) is 0 Å². The highest BCUT2D eigenvalue weighted by atomic mass is 79.9. The highest BCUT2D eigenvalue weighted by Crippen LogP contribution is 2.25. The van der Waals surface area contributed by atoms with Crippen molar-refractivity contribution in [1.29, 1.82) is 0 Å². The molecular weight excluding hydrogens is 280 g/mol. The van der Waals surface area contributed by atoms with Crippen LogP contribution >= 0.6 is 27.7 Å². The zero-order chi connectivity index (χ0) is 12.6. The van der Waals surface area contributed by atoms with E-state index in [1.54, 1.807) is 11.8 Å². The molecule has 0 N–H and O–H groups in total. The van der Waals surface area contributed by atoms with Crippen molar-refractivity contribution < 1.29 is 0 Å². The molecule has 88 valence electrons. The summed E-state index contributed by atoms with van der Waals surface area (Å²) in [7, 11) is 0. The maximum atomic E-state index is 3.97. The lowest BCUT2D eigenvalue weighted by Gasteiger charge is -1.99. The molecule has 16 heavy (non-hydrogen) atoms. The van der Waals surface area contributed by atoms with Crippen LogP contribution in [0.2, 0.25) is 0 Å². The van der Waals surface area contributed by atoms with E-state index >= 15 is 0 Å². The van der Waals surface area contributed by atoms with Crippen molar-refractivity contribution in [2.45, 2.75) is 27.2 Å². The minimum Gasteiger partial charge on any atom is -0.0955 e. The third kappa shape index (κ3) is 8.81. The quantitative estimate of drug-likeness (QED) is 0.545. The SMILES string of the molecule is C=C(Br)/C=C\C(=C)S/C(C)=C/C=C(/C)CC. The second-order valence-corrected chi connectivity index (χ2v) is 5.88. The third-order valence-corrected chi connectivity index (χ3v) is 3.02. The van der Waals surface area contributed by atoms with E-state index in [-0.39, 0.29) is 0 Å². The average molecular weight is 299 g/mol. The molecule has 0 radical (unpaired) electrons. The largest absolute Gasteiger partial charge is 0.0955 e. The molecule has 0 bridgehead atoms. The van der Waals surface area contributed by atoms with E-state index in [4.69, 9.17) is 0 Å². The molecule has 0 rings (SSSR count). The molecule has 0 saturated carbocycles. The fourth-order valence-corrected chi connectivity index (χ4v) is 1.65. The lowest BCUT2D eigenvalue weighted by Crippen LogP contribution is -1.72. The van der Waals surface area contributed by atoms with Crippen LogP contribution in [0.4, 0.5) is 0 Å². The minimum atomic E-state index is 0.859. The Morgan fingerprint density at radius 2 is 1.81 bits per heavy atom. The van der Waals surface area contributed by atoms with E-state index < -0.39 is 0 Å². The van der Waals surface area contributed by atoms with Gasteiger partial charge in [0.05, 0.1) is 0 Å². The zero-order valence-corrected chi connectivity index (χ0v) is 12.6. The molecule has 0 fully saturated rings. The Kier molecular flexibility index (Phi) is 8.40. The number of hydrogen-bond acceptors (Lipinski definition) is 1. The molecule has 0 amide bonds. The Morgan fingerprint density at radius 3 is 2.31 bits per heavy atom. The second-order valence-electron chi connectivity index (χ2n) is 3.49. The van der Waals surface area contributed by atoms with Gasteiger partial charge in [-0.05, 0) is 37.3 Å². The fraction of sp³-hybridized carbons (Fsp3) is 0.286. The zero-order valence-electron chi connectivity index (χ0n) is 10.2. The lowest BCUT2D eigenvalue weighted by atomic mass is 10.2. The summed E-state index contributed by atoms with van der Waals surface area (Å²) in [5.41, 5.74) is 1.38. The Hall–Kier alpha value is -0.470. The average Bonchev–Trinajstić information content (AvgIpc) is 2.23. The molecule has 0 unspecified atom stereocenters. The van der Waals surface area contributed by atoms with Gasteiger partial charge >= 0.3 is 0 Å². The molecule has 0 nitrogen and oxygen atoms in total. The Labute approximate surface area is 112 Å². The van der Waals surface area contributed by atoms with Gasteiger partial charge < -0.3 is 0 Å². The van der Waals surface area contributed by atoms with E-state index in [0.29, 0.717) is 0 Å². The number of allylic oxidation sites excluding steroid dienone is 7. The van der Waals surface area contributed by atoms with Gasteiger partial charge in [-0.3, -0.25) is 0 Å². The molecule has 0 aliphatic rings. The molecule has 2 heteroatoms. The van der Waals surface area contributed by atoms with Crippen molar-refractivity contribution in [3.8, 4) is 0 Å². The van der Waals surface area contributed by atoms with E-state index in [1.807, 2.05) is 12.2 Å². The molecule has 0 atom stereocenters. The van der Waals surface area contributed by atoms with Crippen molar-refractivity contribution in [3.05, 3.63) is 57.3 Å². The van der Waals surface area contributed by atoms with Gasteiger partial charge in [-0.1, -0.05) is 65.5 Å². The first-order valence-corrected chi connectivity index (χ1v) is 6.80. The monoisotopic (exact) mass is 298 g/mol. The highest BCUT2D eigenvalue weighted by Gasteiger charge is 1.92. The summed E-state index contributed by atoms with van der Waals surface area (Å²) in [6.45, 7) is 14.1. The summed E-state index contributed by atoms with van der Waals surface area (Å²) in [6.07, 6.45) is 9.23. The Bertz CT molecular complexity index is 346. The van der Waals surface area contributed by atoms with Crippen molar-refractivity contribution in [2.75, 3.05) is 0 Å². The minimum absolute atomic E-state index is 0.859. The first kappa shape index (κ1) is 15.5. The molecular formula is C14H19BrS. The third-order valence-electron chi connectivity index (χ3n) is 1.90. The molecule has 0 spiro atoms. The smallest absolute Gasteiger partial charge is 0.0103 e. The van der Waals surface area contributed by atoms with E-state index in [2.05, 4.69) is 62.0 Å². The maximum absolute atomic E-state index is 3.97. The van der Waals surface area contributed by atoms with Crippen molar-refractivity contribution in [1.82, 2.24) is 0 Å². The second kappa shape index (κ2) is 8.66. The fourth-order valence-electron chi connectivity index (χ4n) is 0.836. The van der Waals surface area contributed by atoms with E-state index in [1.165, 1.54) is 10.5 Å². The number of halogens is 1.